The van der Waals surface area contributed by atoms with Crippen LogP contribution in [0, 0.1) is 11.8 Å². The first kappa shape index (κ1) is 11.4. The normalized spacial score (nSPS) is 42.4. The van der Waals surface area contributed by atoms with E-state index in [2.05, 4.69) is 0 Å². The van der Waals surface area contributed by atoms with Crippen molar-refractivity contribution in [3.05, 3.63) is 0 Å². The lowest BCUT2D eigenvalue weighted by atomic mass is 9.84. The van der Waals surface area contributed by atoms with Crippen LogP contribution >= 0.6 is 0 Å². The lowest BCUT2D eigenvalue weighted by Gasteiger charge is -2.34. The summed E-state index contributed by atoms with van der Waals surface area (Å²) < 4.78 is 9.88. The summed E-state index contributed by atoms with van der Waals surface area (Å²) in [6.45, 7) is 2.94. The van der Waals surface area contributed by atoms with Gasteiger partial charge in [-0.25, -0.2) is 0 Å². The molecule has 5 nitrogen and oxygen atoms in total. The summed E-state index contributed by atoms with van der Waals surface area (Å²) in [4.78, 5) is 22.5. The molecule has 1 heterocycles. The Bertz CT molecular complexity index is 322. The molecule has 0 bridgehead atoms. The summed E-state index contributed by atoms with van der Waals surface area (Å²) >= 11 is 0. The molecule has 1 saturated heterocycles. The van der Waals surface area contributed by atoms with Crippen LogP contribution in [-0.4, -0.2) is 28.9 Å². The first-order chi connectivity index (χ1) is 7.40. The monoisotopic (exact) mass is 228 g/mol. The summed E-state index contributed by atoms with van der Waals surface area (Å²) in [5.74, 6) is -1.33. The van der Waals surface area contributed by atoms with E-state index in [9.17, 15) is 14.7 Å². The van der Waals surface area contributed by atoms with Crippen LogP contribution in [0.5, 0.6) is 0 Å². The minimum absolute atomic E-state index is 0.0561. The van der Waals surface area contributed by atoms with Gasteiger partial charge < -0.3 is 14.6 Å². The molecule has 0 aromatic carbocycles. The van der Waals surface area contributed by atoms with Crippen LogP contribution in [0.1, 0.15) is 33.1 Å². The molecule has 2 unspecified atom stereocenters. The van der Waals surface area contributed by atoms with Crippen molar-refractivity contribution in [2.75, 3.05) is 0 Å². The van der Waals surface area contributed by atoms with Crippen LogP contribution in [0.25, 0.3) is 0 Å². The van der Waals surface area contributed by atoms with Gasteiger partial charge in [-0.1, -0.05) is 0 Å². The highest BCUT2D eigenvalue weighted by Crippen LogP contribution is 2.46. The summed E-state index contributed by atoms with van der Waals surface area (Å²) in [7, 11) is 0. The topological polar surface area (TPSA) is 72.8 Å². The quantitative estimate of drug-likeness (QED) is 0.665. The van der Waals surface area contributed by atoms with Crippen molar-refractivity contribution < 1.29 is 24.2 Å². The molecule has 0 aromatic heterocycles. The maximum Gasteiger partial charge on any atom is 0.315 e. The SMILES string of the molecule is CC(=O)O[C@H]1CC2CC[C@@](C)(O)C2C(=O)O1. The van der Waals surface area contributed by atoms with Crippen LogP contribution in [0.4, 0.5) is 0 Å². The highest BCUT2D eigenvalue weighted by atomic mass is 16.7. The predicted molar refractivity (Wildman–Crippen MR) is 53.1 cm³/mol. The number of carbonyl (C=O) groups excluding carboxylic acids is 2. The number of hydrogen-bond donors (Lipinski definition) is 1. The van der Waals surface area contributed by atoms with E-state index in [1.807, 2.05) is 0 Å². The standard InChI is InChI=1S/C11H16O5/c1-6(12)15-8-5-7-3-4-11(2,14)9(7)10(13)16-8/h7-9,14H,3-5H2,1-2H3/t7?,8-,9?,11-/m1/s1. The number of aliphatic hydroxyl groups is 1. The zero-order chi connectivity index (χ0) is 11.9. The van der Waals surface area contributed by atoms with Crippen molar-refractivity contribution >= 4 is 11.9 Å². The van der Waals surface area contributed by atoms with Gasteiger partial charge in [0.15, 0.2) is 0 Å². The van der Waals surface area contributed by atoms with Crippen molar-refractivity contribution in [3.8, 4) is 0 Å². The van der Waals surface area contributed by atoms with Gasteiger partial charge in [-0.3, -0.25) is 9.59 Å². The molecule has 2 aliphatic rings. The van der Waals surface area contributed by atoms with Gasteiger partial charge in [-0.2, -0.15) is 0 Å². The Morgan fingerprint density at radius 2 is 2.31 bits per heavy atom. The van der Waals surface area contributed by atoms with E-state index in [4.69, 9.17) is 9.47 Å². The zero-order valence-electron chi connectivity index (χ0n) is 9.43. The van der Waals surface area contributed by atoms with Crippen molar-refractivity contribution in [2.45, 2.75) is 45.0 Å². The van der Waals surface area contributed by atoms with E-state index in [1.54, 1.807) is 6.92 Å². The lowest BCUT2D eigenvalue weighted by molar-refractivity contribution is -0.209. The number of carbonyl (C=O) groups is 2. The van der Waals surface area contributed by atoms with Gasteiger partial charge in [-0.05, 0) is 25.7 Å². The molecular formula is C11H16O5. The number of cyclic esters (lactones) is 1. The molecule has 1 N–H and O–H groups in total. The largest absolute Gasteiger partial charge is 0.425 e. The number of esters is 2. The fourth-order valence-corrected chi connectivity index (χ4v) is 2.76. The van der Waals surface area contributed by atoms with Crippen LogP contribution in [0.2, 0.25) is 0 Å². The maximum absolute atomic E-state index is 11.7. The number of rotatable bonds is 1. The Kier molecular flexibility index (Phi) is 2.66. The molecule has 2 fully saturated rings. The molecule has 90 valence electrons. The Hall–Kier alpha value is -1.10. The first-order valence-corrected chi connectivity index (χ1v) is 5.50. The Labute approximate surface area is 93.7 Å². The molecule has 4 atom stereocenters. The molecule has 0 aromatic rings. The highest BCUT2D eigenvalue weighted by Gasteiger charge is 2.53. The lowest BCUT2D eigenvalue weighted by Crippen LogP contribution is -2.45. The predicted octanol–water partition coefficient (Wildman–Crippen LogP) is 0.600. The molecule has 1 aliphatic carbocycles. The average Bonchev–Trinajstić information content (AvgIpc) is 2.40. The average molecular weight is 228 g/mol. The van der Waals surface area contributed by atoms with E-state index >= 15 is 0 Å². The van der Waals surface area contributed by atoms with Gasteiger partial charge in [0.25, 0.3) is 0 Å². The molecule has 0 spiro atoms. The van der Waals surface area contributed by atoms with Crippen molar-refractivity contribution in [3.63, 3.8) is 0 Å². The first-order valence-electron chi connectivity index (χ1n) is 5.50. The minimum atomic E-state index is -0.983. The molecule has 5 heteroatoms. The van der Waals surface area contributed by atoms with Gasteiger partial charge in [0.05, 0.1) is 11.5 Å². The third-order valence-corrected chi connectivity index (χ3v) is 3.46. The molecular weight excluding hydrogens is 212 g/mol. The van der Waals surface area contributed by atoms with E-state index in [1.165, 1.54) is 6.92 Å². The number of hydrogen-bond acceptors (Lipinski definition) is 5. The van der Waals surface area contributed by atoms with Gasteiger partial charge >= 0.3 is 11.9 Å². The molecule has 1 saturated carbocycles. The molecule has 16 heavy (non-hydrogen) atoms. The Morgan fingerprint density at radius 3 is 2.94 bits per heavy atom. The van der Waals surface area contributed by atoms with Crippen molar-refractivity contribution in [1.82, 2.24) is 0 Å². The molecule has 0 amide bonds. The fourth-order valence-electron chi connectivity index (χ4n) is 2.76. The zero-order valence-corrected chi connectivity index (χ0v) is 9.43. The fraction of sp³-hybridized carbons (Fsp3) is 0.818. The molecule has 2 rings (SSSR count). The third kappa shape index (κ3) is 1.91. The van der Waals surface area contributed by atoms with Crippen molar-refractivity contribution in [1.29, 1.82) is 0 Å². The van der Waals surface area contributed by atoms with Crippen LogP contribution in [-0.2, 0) is 19.1 Å². The van der Waals surface area contributed by atoms with E-state index in [0.29, 0.717) is 12.8 Å². The number of ether oxygens (including phenoxy) is 2. The minimum Gasteiger partial charge on any atom is -0.425 e. The van der Waals surface area contributed by atoms with Gasteiger partial charge in [-0.15, -0.1) is 0 Å². The smallest absolute Gasteiger partial charge is 0.315 e. The van der Waals surface area contributed by atoms with Crippen LogP contribution in [0.3, 0.4) is 0 Å². The highest BCUT2D eigenvalue weighted by molar-refractivity contribution is 5.76. The third-order valence-electron chi connectivity index (χ3n) is 3.46. The van der Waals surface area contributed by atoms with Gasteiger partial charge in [0.2, 0.25) is 6.29 Å². The van der Waals surface area contributed by atoms with E-state index < -0.39 is 29.7 Å². The molecule has 1 aliphatic heterocycles. The van der Waals surface area contributed by atoms with Gasteiger partial charge in [0, 0.05) is 13.3 Å². The van der Waals surface area contributed by atoms with E-state index in [0.717, 1.165) is 6.42 Å². The summed E-state index contributed by atoms with van der Waals surface area (Å²) in [6.07, 6.45) is 1.07. The second-order valence-electron chi connectivity index (χ2n) is 4.85. The maximum atomic E-state index is 11.7. The van der Waals surface area contributed by atoms with Crippen LogP contribution < -0.4 is 0 Å². The summed E-state index contributed by atoms with van der Waals surface area (Å²) in [6, 6.07) is 0. The van der Waals surface area contributed by atoms with Crippen LogP contribution in [0.15, 0.2) is 0 Å². The van der Waals surface area contributed by atoms with Gasteiger partial charge in [0.1, 0.15) is 0 Å². The second-order valence-corrected chi connectivity index (χ2v) is 4.85. The Morgan fingerprint density at radius 1 is 1.62 bits per heavy atom. The molecule has 0 radical (unpaired) electrons. The second kappa shape index (κ2) is 3.73. The van der Waals surface area contributed by atoms with Crippen molar-refractivity contribution in [2.24, 2.45) is 11.8 Å². The summed E-state index contributed by atoms with van der Waals surface area (Å²) in [5.41, 5.74) is -0.983. The Balaban J connectivity index is 2.08. The number of fused-ring (bicyclic) bond motifs is 1. The van der Waals surface area contributed by atoms with E-state index in [-0.39, 0.29) is 5.92 Å². The summed E-state index contributed by atoms with van der Waals surface area (Å²) in [5, 5.41) is 10.0.